The smallest absolute Gasteiger partial charge is 0.118 e. The molecule has 0 heterocycles. The molecular formula is C18H30N2O. The summed E-state index contributed by atoms with van der Waals surface area (Å²) in [6, 6.07) is 9.81. The van der Waals surface area contributed by atoms with Gasteiger partial charge in [-0.05, 0) is 56.5 Å². The first-order chi connectivity index (χ1) is 9.99. The summed E-state index contributed by atoms with van der Waals surface area (Å²) >= 11 is 0. The van der Waals surface area contributed by atoms with Crippen LogP contribution in [-0.2, 0) is 0 Å². The minimum Gasteiger partial charge on any atom is -0.497 e. The molecule has 21 heavy (non-hydrogen) atoms. The van der Waals surface area contributed by atoms with Gasteiger partial charge in [0.05, 0.1) is 7.11 Å². The summed E-state index contributed by atoms with van der Waals surface area (Å²) in [5.41, 5.74) is 1.45. The van der Waals surface area contributed by atoms with Crippen LogP contribution in [0.3, 0.4) is 0 Å². The first-order valence-corrected chi connectivity index (χ1v) is 8.04. The van der Waals surface area contributed by atoms with Crippen molar-refractivity contribution in [2.24, 2.45) is 5.92 Å². The van der Waals surface area contributed by atoms with Gasteiger partial charge in [-0.3, -0.25) is 0 Å². The van der Waals surface area contributed by atoms with E-state index in [0.717, 1.165) is 12.3 Å². The van der Waals surface area contributed by atoms with Crippen molar-refractivity contribution in [2.45, 2.75) is 44.7 Å². The van der Waals surface area contributed by atoms with Crippen LogP contribution in [-0.4, -0.2) is 44.7 Å². The van der Waals surface area contributed by atoms with Gasteiger partial charge in [-0.25, -0.2) is 0 Å². The first kappa shape index (κ1) is 16.3. The molecule has 118 valence electrons. The lowest BCUT2D eigenvalue weighted by molar-refractivity contribution is 0.210. The van der Waals surface area contributed by atoms with Crippen molar-refractivity contribution in [2.75, 3.05) is 27.7 Å². The van der Waals surface area contributed by atoms with E-state index in [1.165, 1.54) is 18.4 Å². The molecule has 0 aromatic heterocycles. The van der Waals surface area contributed by atoms with Gasteiger partial charge in [-0.2, -0.15) is 0 Å². The molecule has 3 heteroatoms. The molecule has 0 radical (unpaired) electrons. The summed E-state index contributed by atoms with van der Waals surface area (Å²) < 4.78 is 5.22. The molecule has 1 unspecified atom stereocenters. The van der Waals surface area contributed by atoms with E-state index in [1.54, 1.807) is 7.11 Å². The largest absolute Gasteiger partial charge is 0.497 e. The number of nitrogens with one attached hydrogen (secondary N) is 1. The number of likely N-dealkylation sites (N-methyl/N-ethyl adjacent to an activating group) is 1. The van der Waals surface area contributed by atoms with Gasteiger partial charge in [0.2, 0.25) is 0 Å². The highest BCUT2D eigenvalue weighted by Crippen LogP contribution is 2.37. The van der Waals surface area contributed by atoms with Gasteiger partial charge in [-0.15, -0.1) is 0 Å². The molecule has 0 amide bonds. The van der Waals surface area contributed by atoms with Gasteiger partial charge in [0.15, 0.2) is 0 Å². The van der Waals surface area contributed by atoms with Crippen molar-refractivity contribution in [3.63, 3.8) is 0 Å². The quantitative estimate of drug-likeness (QED) is 0.835. The predicted octanol–water partition coefficient (Wildman–Crippen LogP) is 3.12. The fraction of sp³-hybridized carbons (Fsp3) is 0.667. The van der Waals surface area contributed by atoms with E-state index in [4.69, 9.17) is 4.74 Å². The van der Waals surface area contributed by atoms with Crippen LogP contribution in [0.4, 0.5) is 0 Å². The van der Waals surface area contributed by atoms with Gasteiger partial charge in [0, 0.05) is 18.6 Å². The third kappa shape index (κ3) is 4.45. The molecule has 1 aromatic carbocycles. The summed E-state index contributed by atoms with van der Waals surface area (Å²) in [6.07, 6.45) is 2.51. The molecule has 1 aromatic rings. The maximum Gasteiger partial charge on any atom is 0.118 e. The lowest BCUT2D eigenvalue weighted by atomic mass is 9.75. The van der Waals surface area contributed by atoms with Crippen LogP contribution in [0.25, 0.3) is 0 Å². The standard InChI is InChI=1S/C18H30N2O/c1-13(2)18(12-20(3)4)19-16-10-15(11-16)14-6-8-17(21-5)9-7-14/h6-9,13,15-16,18-19H,10-12H2,1-5H3. The minimum absolute atomic E-state index is 0.585. The second-order valence-electron chi connectivity index (χ2n) is 6.92. The fourth-order valence-electron chi connectivity index (χ4n) is 3.05. The fourth-order valence-corrected chi connectivity index (χ4v) is 3.05. The molecule has 1 fully saturated rings. The second-order valence-corrected chi connectivity index (χ2v) is 6.92. The molecule has 1 saturated carbocycles. The van der Waals surface area contributed by atoms with E-state index in [1.807, 2.05) is 0 Å². The summed E-state index contributed by atoms with van der Waals surface area (Å²) in [7, 11) is 6.02. The molecule has 3 nitrogen and oxygen atoms in total. The van der Waals surface area contributed by atoms with E-state index in [2.05, 4.69) is 62.4 Å². The number of hydrogen-bond donors (Lipinski definition) is 1. The number of nitrogens with zero attached hydrogens (tertiary/aromatic N) is 1. The minimum atomic E-state index is 0.585. The Morgan fingerprint density at radius 2 is 1.81 bits per heavy atom. The zero-order valence-electron chi connectivity index (χ0n) is 14.1. The average molecular weight is 290 g/mol. The van der Waals surface area contributed by atoms with Crippen molar-refractivity contribution < 1.29 is 4.74 Å². The highest BCUT2D eigenvalue weighted by molar-refractivity contribution is 5.30. The van der Waals surface area contributed by atoms with E-state index in [0.29, 0.717) is 23.9 Å². The topological polar surface area (TPSA) is 24.5 Å². The number of benzene rings is 1. The molecule has 0 spiro atoms. The molecule has 1 aliphatic rings. The van der Waals surface area contributed by atoms with Crippen molar-refractivity contribution in [3.05, 3.63) is 29.8 Å². The molecule has 1 atom stereocenters. The molecule has 0 bridgehead atoms. The maximum absolute atomic E-state index is 5.22. The summed E-state index contributed by atoms with van der Waals surface area (Å²) in [5.74, 6) is 2.33. The van der Waals surface area contributed by atoms with Gasteiger partial charge in [-0.1, -0.05) is 26.0 Å². The Morgan fingerprint density at radius 3 is 2.29 bits per heavy atom. The molecule has 0 saturated heterocycles. The Balaban J connectivity index is 1.82. The Bertz CT molecular complexity index is 421. The van der Waals surface area contributed by atoms with Crippen LogP contribution in [0.1, 0.15) is 38.2 Å². The highest BCUT2D eigenvalue weighted by atomic mass is 16.5. The molecular weight excluding hydrogens is 260 g/mol. The lowest BCUT2D eigenvalue weighted by Gasteiger charge is -2.40. The Labute approximate surface area is 129 Å². The summed E-state index contributed by atoms with van der Waals surface area (Å²) in [5, 5.41) is 3.84. The monoisotopic (exact) mass is 290 g/mol. The predicted molar refractivity (Wildman–Crippen MR) is 89.1 cm³/mol. The SMILES string of the molecule is COc1ccc(C2CC(NC(CN(C)C)C(C)C)C2)cc1. The van der Waals surface area contributed by atoms with E-state index >= 15 is 0 Å². The third-order valence-electron chi connectivity index (χ3n) is 4.54. The van der Waals surface area contributed by atoms with Crippen molar-refractivity contribution >= 4 is 0 Å². The van der Waals surface area contributed by atoms with E-state index in [-0.39, 0.29) is 0 Å². The third-order valence-corrected chi connectivity index (χ3v) is 4.54. The van der Waals surface area contributed by atoms with Crippen LogP contribution in [0, 0.1) is 5.92 Å². The Morgan fingerprint density at radius 1 is 1.19 bits per heavy atom. The molecule has 1 N–H and O–H groups in total. The zero-order valence-corrected chi connectivity index (χ0v) is 14.1. The number of rotatable bonds is 7. The van der Waals surface area contributed by atoms with Crippen LogP contribution in [0.2, 0.25) is 0 Å². The first-order valence-electron chi connectivity index (χ1n) is 8.04. The lowest BCUT2D eigenvalue weighted by Crippen LogP contribution is -2.51. The van der Waals surface area contributed by atoms with Crippen LogP contribution in [0.5, 0.6) is 5.75 Å². The normalized spacial score (nSPS) is 23.2. The van der Waals surface area contributed by atoms with Crippen molar-refractivity contribution in [3.8, 4) is 5.75 Å². The highest BCUT2D eigenvalue weighted by Gasteiger charge is 2.32. The maximum atomic E-state index is 5.22. The van der Waals surface area contributed by atoms with Crippen LogP contribution >= 0.6 is 0 Å². The number of methoxy groups -OCH3 is 1. The van der Waals surface area contributed by atoms with Gasteiger partial charge < -0.3 is 15.0 Å². The molecule has 1 aliphatic carbocycles. The zero-order chi connectivity index (χ0) is 15.4. The van der Waals surface area contributed by atoms with Crippen LogP contribution in [0.15, 0.2) is 24.3 Å². The van der Waals surface area contributed by atoms with Gasteiger partial charge in [0.1, 0.15) is 5.75 Å². The Hall–Kier alpha value is -1.06. The van der Waals surface area contributed by atoms with Crippen molar-refractivity contribution in [1.82, 2.24) is 10.2 Å². The Kier molecular flexibility index (Phi) is 5.65. The number of ether oxygens (including phenoxy) is 1. The second kappa shape index (κ2) is 7.28. The van der Waals surface area contributed by atoms with E-state index in [9.17, 15) is 0 Å². The van der Waals surface area contributed by atoms with Gasteiger partial charge >= 0.3 is 0 Å². The average Bonchev–Trinajstić information content (AvgIpc) is 2.40. The summed E-state index contributed by atoms with van der Waals surface area (Å²) in [6.45, 7) is 5.73. The molecule has 0 aliphatic heterocycles. The van der Waals surface area contributed by atoms with E-state index < -0.39 is 0 Å². The van der Waals surface area contributed by atoms with Gasteiger partial charge in [0.25, 0.3) is 0 Å². The van der Waals surface area contributed by atoms with Crippen molar-refractivity contribution in [1.29, 1.82) is 0 Å². The summed E-state index contributed by atoms with van der Waals surface area (Å²) in [4.78, 5) is 2.28. The van der Waals surface area contributed by atoms with Crippen LogP contribution < -0.4 is 10.1 Å². The number of hydrogen-bond acceptors (Lipinski definition) is 3. The molecule has 2 rings (SSSR count).